The van der Waals surface area contributed by atoms with E-state index in [1.165, 1.54) is 42.5 Å². The molecule has 36 heavy (non-hydrogen) atoms. The molecule has 0 spiro atoms. The third-order valence-corrected chi connectivity index (χ3v) is 5.95. The van der Waals surface area contributed by atoms with Gasteiger partial charge in [0.1, 0.15) is 11.7 Å². The fraction of sp³-hybridized carbons (Fsp3) is 0.280. The Labute approximate surface area is 209 Å². The Morgan fingerprint density at radius 3 is 2.50 bits per heavy atom. The summed E-state index contributed by atoms with van der Waals surface area (Å²) in [6.45, 7) is 2.49. The summed E-state index contributed by atoms with van der Waals surface area (Å²) in [6, 6.07) is 10.9. The van der Waals surface area contributed by atoms with Crippen LogP contribution in [0.15, 0.2) is 48.5 Å². The average Bonchev–Trinajstić information content (AvgIpc) is 3.27. The highest BCUT2D eigenvalue weighted by Gasteiger charge is 2.42. The van der Waals surface area contributed by atoms with Gasteiger partial charge >= 0.3 is 6.18 Å². The maximum Gasteiger partial charge on any atom is 0.398 e. The number of halogens is 5. The maximum absolute atomic E-state index is 14.2. The van der Waals surface area contributed by atoms with E-state index in [0.717, 1.165) is 6.07 Å². The van der Waals surface area contributed by atoms with Gasteiger partial charge < -0.3 is 20.5 Å². The molecule has 3 aromatic rings. The van der Waals surface area contributed by atoms with E-state index in [4.69, 9.17) is 26.8 Å². The van der Waals surface area contributed by atoms with Crippen molar-refractivity contribution in [2.75, 3.05) is 13.3 Å². The summed E-state index contributed by atoms with van der Waals surface area (Å²) in [5.74, 6) is -2.76. The molecule has 2 aromatic carbocycles. The summed E-state index contributed by atoms with van der Waals surface area (Å²) in [6.07, 6.45) is -4.75. The number of aromatic nitrogens is 1. The molecule has 190 valence electrons. The number of ether oxygens (including phenoxy) is 2. The number of alkyl halides is 3. The van der Waals surface area contributed by atoms with E-state index >= 15 is 0 Å². The summed E-state index contributed by atoms with van der Waals surface area (Å²) in [5.41, 5.74) is 5.78. The second-order valence-corrected chi connectivity index (χ2v) is 9.30. The number of benzene rings is 2. The van der Waals surface area contributed by atoms with Gasteiger partial charge in [-0.2, -0.15) is 13.2 Å². The lowest BCUT2D eigenvalue weighted by atomic mass is 9.91. The molecule has 3 N–H and O–H groups in total. The number of nitrogens with zero attached hydrogens (tertiary/aromatic N) is 1. The Kier molecular flexibility index (Phi) is 6.85. The van der Waals surface area contributed by atoms with E-state index < -0.39 is 35.9 Å². The van der Waals surface area contributed by atoms with Gasteiger partial charge in [0.2, 0.25) is 6.79 Å². The fourth-order valence-electron chi connectivity index (χ4n) is 3.63. The fourth-order valence-corrected chi connectivity index (χ4v) is 3.81. The Hall–Kier alpha value is -3.37. The van der Waals surface area contributed by atoms with E-state index in [-0.39, 0.29) is 28.8 Å². The number of nitrogens with one attached hydrogen (secondary N) is 1. The minimum Gasteiger partial charge on any atom is -0.454 e. The van der Waals surface area contributed by atoms with Crippen LogP contribution in [0.3, 0.4) is 0 Å². The normalized spacial score (nSPS) is 14.0. The van der Waals surface area contributed by atoms with Crippen LogP contribution in [0, 0.1) is 5.82 Å². The molecular weight excluding hydrogens is 502 g/mol. The van der Waals surface area contributed by atoms with Crippen LogP contribution in [0.25, 0.3) is 11.3 Å². The van der Waals surface area contributed by atoms with Crippen molar-refractivity contribution < 1.29 is 31.8 Å². The number of carbonyl (C=O) groups is 1. The number of hydrogen-bond acceptors (Lipinski definition) is 5. The van der Waals surface area contributed by atoms with Crippen LogP contribution in [0.2, 0.25) is 5.02 Å². The van der Waals surface area contributed by atoms with Crippen molar-refractivity contribution in [3.05, 3.63) is 76.2 Å². The summed E-state index contributed by atoms with van der Waals surface area (Å²) < 4.78 is 66.6. The standard InChI is InChI=1S/C25H22ClF4N3O3/c1-24(2,31)15-9-19(13-3-5-18(27)17(26)7-13)33-20(10-15)16(25(28,29)30)11-32-23(34)14-4-6-21-22(8-14)36-12-35-21/h3-10,16H,11-12,31H2,1-2H3,(H,32,34). The van der Waals surface area contributed by atoms with Crippen molar-refractivity contribution in [1.82, 2.24) is 10.3 Å². The number of hydrogen-bond donors (Lipinski definition) is 2. The van der Waals surface area contributed by atoms with Crippen LogP contribution in [-0.2, 0) is 5.54 Å². The van der Waals surface area contributed by atoms with Gasteiger partial charge in [0, 0.05) is 23.2 Å². The predicted octanol–water partition coefficient (Wildman–Crippen LogP) is 5.54. The first-order valence-corrected chi connectivity index (χ1v) is 11.2. The molecule has 1 amide bonds. The van der Waals surface area contributed by atoms with Crippen LogP contribution >= 0.6 is 11.6 Å². The summed E-state index contributed by atoms with van der Waals surface area (Å²) in [5, 5.41) is 2.13. The molecule has 1 aliphatic rings. The highest BCUT2D eigenvalue weighted by molar-refractivity contribution is 6.31. The zero-order valence-electron chi connectivity index (χ0n) is 19.2. The van der Waals surface area contributed by atoms with E-state index in [9.17, 15) is 22.4 Å². The molecule has 1 aliphatic heterocycles. The molecule has 11 heteroatoms. The topological polar surface area (TPSA) is 86.5 Å². The van der Waals surface area contributed by atoms with Crippen LogP contribution in [0.4, 0.5) is 17.6 Å². The Morgan fingerprint density at radius 1 is 1.11 bits per heavy atom. The first kappa shape index (κ1) is 25.7. The molecule has 0 fully saturated rings. The largest absolute Gasteiger partial charge is 0.454 e. The van der Waals surface area contributed by atoms with E-state index in [2.05, 4.69) is 10.3 Å². The van der Waals surface area contributed by atoms with Crippen molar-refractivity contribution in [3.8, 4) is 22.8 Å². The molecule has 0 saturated carbocycles. The van der Waals surface area contributed by atoms with Gasteiger partial charge in [0.25, 0.3) is 5.91 Å². The molecule has 0 aliphatic carbocycles. The first-order chi connectivity index (χ1) is 16.8. The first-order valence-electron chi connectivity index (χ1n) is 10.8. The van der Waals surface area contributed by atoms with Crippen LogP contribution < -0.4 is 20.5 Å². The second kappa shape index (κ2) is 9.59. The number of amides is 1. The number of rotatable bonds is 6. The van der Waals surface area contributed by atoms with Crippen molar-refractivity contribution in [1.29, 1.82) is 0 Å². The lowest BCUT2D eigenvalue weighted by molar-refractivity contribution is -0.149. The van der Waals surface area contributed by atoms with Crippen LogP contribution in [-0.4, -0.2) is 30.4 Å². The molecule has 0 saturated heterocycles. The summed E-state index contributed by atoms with van der Waals surface area (Å²) in [7, 11) is 0. The van der Waals surface area contributed by atoms with Crippen LogP contribution in [0.1, 0.15) is 41.4 Å². The van der Waals surface area contributed by atoms with Crippen molar-refractivity contribution in [3.63, 3.8) is 0 Å². The molecule has 1 aromatic heterocycles. The van der Waals surface area contributed by atoms with Crippen molar-refractivity contribution in [2.45, 2.75) is 31.5 Å². The SMILES string of the molecule is CC(C)(N)c1cc(-c2ccc(F)c(Cl)c2)nc(C(CNC(=O)c2ccc3c(c2)OCO3)C(F)(F)F)c1. The highest BCUT2D eigenvalue weighted by Crippen LogP contribution is 2.37. The van der Waals surface area contributed by atoms with Gasteiger partial charge in [0.05, 0.1) is 16.4 Å². The molecule has 2 heterocycles. The minimum atomic E-state index is -4.75. The molecular formula is C25H22ClF4N3O3. The monoisotopic (exact) mass is 523 g/mol. The molecule has 4 rings (SSSR count). The average molecular weight is 524 g/mol. The summed E-state index contributed by atoms with van der Waals surface area (Å²) in [4.78, 5) is 16.8. The maximum atomic E-state index is 14.2. The quantitative estimate of drug-likeness (QED) is 0.414. The number of pyridine rings is 1. The predicted molar refractivity (Wildman–Crippen MR) is 126 cm³/mol. The zero-order chi connectivity index (χ0) is 26.3. The molecule has 6 nitrogen and oxygen atoms in total. The van der Waals surface area contributed by atoms with Crippen molar-refractivity contribution in [2.24, 2.45) is 5.73 Å². The van der Waals surface area contributed by atoms with Gasteiger partial charge in [-0.3, -0.25) is 9.78 Å². The lowest BCUT2D eigenvalue weighted by Crippen LogP contribution is -2.36. The smallest absolute Gasteiger partial charge is 0.398 e. The second-order valence-electron chi connectivity index (χ2n) is 8.89. The number of fused-ring (bicyclic) bond motifs is 1. The Morgan fingerprint density at radius 2 is 1.83 bits per heavy atom. The molecule has 1 atom stereocenters. The Balaban J connectivity index is 1.68. The Bertz CT molecular complexity index is 1310. The van der Waals surface area contributed by atoms with E-state index in [1.807, 2.05) is 0 Å². The van der Waals surface area contributed by atoms with Gasteiger partial charge in [-0.1, -0.05) is 11.6 Å². The van der Waals surface area contributed by atoms with E-state index in [0.29, 0.717) is 22.6 Å². The molecule has 0 radical (unpaired) electrons. The van der Waals surface area contributed by atoms with Gasteiger partial charge in [-0.15, -0.1) is 0 Å². The van der Waals surface area contributed by atoms with E-state index in [1.54, 1.807) is 13.8 Å². The lowest BCUT2D eigenvalue weighted by Gasteiger charge is -2.25. The number of carbonyl (C=O) groups excluding carboxylic acids is 1. The zero-order valence-corrected chi connectivity index (χ0v) is 20.0. The van der Waals surface area contributed by atoms with Crippen molar-refractivity contribution >= 4 is 17.5 Å². The summed E-state index contributed by atoms with van der Waals surface area (Å²) >= 11 is 5.87. The molecule has 1 unspecified atom stereocenters. The number of nitrogens with two attached hydrogens (primary N) is 1. The highest BCUT2D eigenvalue weighted by atomic mass is 35.5. The van der Waals surface area contributed by atoms with Gasteiger partial charge in [0.15, 0.2) is 11.5 Å². The van der Waals surface area contributed by atoms with Gasteiger partial charge in [-0.25, -0.2) is 4.39 Å². The van der Waals surface area contributed by atoms with Gasteiger partial charge in [-0.05, 0) is 67.9 Å². The third kappa shape index (κ3) is 5.55. The third-order valence-electron chi connectivity index (χ3n) is 5.66. The minimum absolute atomic E-state index is 0.00233. The van der Waals surface area contributed by atoms with Crippen LogP contribution in [0.5, 0.6) is 11.5 Å². The molecule has 0 bridgehead atoms.